The highest BCUT2D eigenvalue weighted by atomic mass is 16.5. The third kappa shape index (κ3) is 5.39. The van der Waals surface area contributed by atoms with Crippen LogP contribution in [-0.2, 0) is 19.1 Å². The van der Waals surface area contributed by atoms with Crippen LogP contribution in [0.5, 0.6) is 0 Å². The van der Waals surface area contributed by atoms with E-state index in [4.69, 9.17) is 0 Å². The van der Waals surface area contributed by atoms with Crippen LogP contribution in [0.15, 0.2) is 0 Å². The van der Waals surface area contributed by atoms with Crippen LogP contribution in [0.1, 0.15) is 12.8 Å². The van der Waals surface area contributed by atoms with Crippen molar-refractivity contribution < 1.29 is 19.1 Å². The second-order valence-electron chi connectivity index (χ2n) is 1.80. The van der Waals surface area contributed by atoms with Crippen molar-refractivity contribution in [2.24, 2.45) is 0 Å². The molecule has 0 heterocycles. The quantitative estimate of drug-likeness (QED) is 0.554. The van der Waals surface area contributed by atoms with Gasteiger partial charge < -0.3 is 9.47 Å². The van der Waals surface area contributed by atoms with Gasteiger partial charge in [-0.3, -0.25) is 9.59 Å². The highest BCUT2D eigenvalue weighted by molar-refractivity contribution is 5.71. The van der Waals surface area contributed by atoms with Crippen molar-refractivity contribution in [2.45, 2.75) is 12.8 Å². The van der Waals surface area contributed by atoms with Crippen molar-refractivity contribution in [3.63, 3.8) is 0 Å². The Hall–Kier alpha value is -1.06. The lowest BCUT2D eigenvalue weighted by Crippen LogP contribution is -2.09. The first kappa shape index (κ1) is 9.94. The lowest BCUT2D eigenvalue weighted by Gasteiger charge is -2.00. The Morgan fingerprint density at radius 1 is 1.36 bits per heavy atom. The number of rotatable bonds is 4. The number of esters is 2. The molecule has 4 heteroatoms. The largest absolute Gasteiger partial charge is 0.469 e. The Morgan fingerprint density at radius 2 is 2.00 bits per heavy atom. The SMILES string of the molecule is [CH2]CC(=O)OCCC(=O)OC. The molecule has 0 bridgehead atoms. The first-order valence-electron chi connectivity index (χ1n) is 3.22. The predicted molar refractivity (Wildman–Crippen MR) is 37.6 cm³/mol. The monoisotopic (exact) mass is 159 g/mol. The Bertz CT molecular complexity index is 125. The second-order valence-corrected chi connectivity index (χ2v) is 1.80. The summed E-state index contributed by atoms with van der Waals surface area (Å²) in [4.78, 5) is 20.9. The first-order chi connectivity index (χ1) is 5.20. The summed E-state index contributed by atoms with van der Waals surface area (Å²) in [5, 5.41) is 0. The Morgan fingerprint density at radius 3 is 2.45 bits per heavy atom. The summed E-state index contributed by atoms with van der Waals surface area (Å²) >= 11 is 0. The average Bonchev–Trinajstić information content (AvgIpc) is 2.04. The molecule has 0 N–H and O–H groups in total. The van der Waals surface area contributed by atoms with Crippen LogP contribution in [-0.4, -0.2) is 25.7 Å². The lowest BCUT2D eigenvalue weighted by atomic mass is 10.4. The normalized spacial score (nSPS) is 8.91. The number of methoxy groups -OCH3 is 1. The van der Waals surface area contributed by atoms with Gasteiger partial charge in [0.1, 0.15) is 6.61 Å². The summed E-state index contributed by atoms with van der Waals surface area (Å²) < 4.78 is 8.88. The second kappa shape index (κ2) is 5.70. The highest BCUT2D eigenvalue weighted by Gasteiger charge is 2.02. The van der Waals surface area contributed by atoms with E-state index in [9.17, 15) is 9.59 Å². The smallest absolute Gasteiger partial charge is 0.308 e. The third-order valence-corrected chi connectivity index (χ3v) is 1.00. The Kier molecular flexibility index (Phi) is 5.15. The first-order valence-corrected chi connectivity index (χ1v) is 3.22. The molecule has 0 atom stereocenters. The van der Waals surface area contributed by atoms with Gasteiger partial charge in [0.05, 0.1) is 13.5 Å². The minimum atomic E-state index is -0.408. The van der Waals surface area contributed by atoms with Gasteiger partial charge in [-0.05, 0) is 6.92 Å². The molecule has 0 amide bonds. The van der Waals surface area contributed by atoms with E-state index >= 15 is 0 Å². The fourth-order valence-corrected chi connectivity index (χ4v) is 0.422. The van der Waals surface area contributed by atoms with Crippen LogP contribution in [0.2, 0.25) is 0 Å². The highest BCUT2D eigenvalue weighted by Crippen LogP contribution is 1.88. The van der Waals surface area contributed by atoms with Crippen LogP contribution < -0.4 is 0 Å². The number of hydrogen-bond donors (Lipinski definition) is 0. The number of carbonyl (C=O) groups is 2. The van der Waals surface area contributed by atoms with Crippen LogP contribution in [0.4, 0.5) is 0 Å². The summed E-state index contributed by atoms with van der Waals surface area (Å²) in [5.41, 5.74) is 0. The van der Waals surface area contributed by atoms with Crippen molar-refractivity contribution in [2.75, 3.05) is 13.7 Å². The fraction of sp³-hybridized carbons (Fsp3) is 0.571. The van der Waals surface area contributed by atoms with Crippen molar-refractivity contribution in [1.29, 1.82) is 0 Å². The van der Waals surface area contributed by atoms with Crippen molar-refractivity contribution >= 4 is 11.9 Å². The molecule has 0 aromatic heterocycles. The molecule has 0 aromatic rings. The zero-order chi connectivity index (χ0) is 8.69. The number of ether oxygens (including phenoxy) is 2. The average molecular weight is 159 g/mol. The van der Waals surface area contributed by atoms with Gasteiger partial charge in [-0.2, -0.15) is 0 Å². The van der Waals surface area contributed by atoms with E-state index in [0.29, 0.717) is 0 Å². The molecule has 0 unspecified atom stereocenters. The molecule has 4 nitrogen and oxygen atoms in total. The maximum Gasteiger partial charge on any atom is 0.308 e. The molecule has 0 aliphatic carbocycles. The van der Waals surface area contributed by atoms with Gasteiger partial charge in [0.25, 0.3) is 0 Å². The van der Waals surface area contributed by atoms with Crippen LogP contribution in [0.25, 0.3) is 0 Å². The van der Waals surface area contributed by atoms with Crippen molar-refractivity contribution in [1.82, 2.24) is 0 Å². The van der Waals surface area contributed by atoms with Gasteiger partial charge >= 0.3 is 11.9 Å². The fourth-order valence-electron chi connectivity index (χ4n) is 0.422. The van der Waals surface area contributed by atoms with E-state index in [0.717, 1.165) is 0 Å². The van der Waals surface area contributed by atoms with E-state index in [-0.39, 0.29) is 25.4 Å². The maximum absolute atomic E-state index is 10.5. The van der Waals surface area contributed by atoms with Gasteiger partial charge in [-0.25, -0.2) is 0 Å². The molecule has 0 rings (SSSR count). The van der Waals surface area contributed by atoms with E-state index in [2.05, 4.69) is 16.4 Å². The minimum Gasteiger partial charge on any atom is -0.469 e. The summed E-state index contributed by atoms with van der Waals surface area (Å²) in [5.74, 6) is -0.796. The molecule has 0 fully saturated rings. The molecule has 0 aliphatic heterocycles. The van der Waals surface area contributed by atoms with E-state index in [1.807, 2.05) is 0 Å². The lowest BCUT2D eigenvalue weighted by molar-refractivity contribution is -0.147. The molecule has 0 saturated carbocycles. The summed E-state index contributed by atoms with van der Waals surface area (Å²) in [6.07, 6.45) is 0.184. The van der Waals surface area contributed by atoms with Gasteiger partial charge in [-0.15, -0.1) is 0 Å². The van der Waals surface area contributed by atoms with Crippen molar-refractivity contribution in [3.8, 4) is 0 Å². The molecule has 1 radical (unpaired) electrons. The molecular formula is C7H11O4. The van der Waals surface area contributed by atoms with Gasteiger partial charge in [0, 0.05) is 6.42 Å². The topological polar surface area (TPSA) is 52.6 Å². The maximum atomic E-state index is 10.5. The van der Waals surface area contributed by atoms with Crippen molar-refractivity contribution in [3.05, 3.63) is 6.92 Å². The van der Waals surface area contributed by atoms with Gasteiger partial charge in [-0.1, -0.05) is 0 Å². The molecule has 0 aromatic carbocycles. The third-order valence-electron chi connectivity index (χ3n) is 1.00. The molecule has 0 aliphatic rings. The molecule has 0 saturated heterocycles. The number of carbonyl (C=O) groups excluding carboxylic acids is 2. The molecular weight excluding hydrogens is 148 g/mol. The van der Waals surface area contributed by atoms with Crippen LogP contribution in [0.3, 0.4) is 0 Å². The zero-order valence-corrected chi connectivity index (χ0v) is 6.46. The van der Waals surface area contributed by atoms with Gasteiger partial charge in [0.2, 0.25) is 0 Å². The summed E-state index contributed by atoms with van der Waals surface area (Å²) in [6.45, 7) is 3.38. The molecule has 0 spiro atoms. The minimum absolute atomic E-state index is 0.0705. The standard InChI is InChI=1S/C7H11O4/c1-3-6(8)11-5-4-7(9)10-2/h1,3-5H2,2H3. The zero-order valence-electron chi connectivity index (χ0n) is 6.46. The molecule has 63 valence electrons. The summed E-state index contributed by atoms with van der Waals surface area (Å²) in [6, 6.07) is 0. The summed E-state index contributed by atoms with van der Waals surface area (Å²) in [7, 11) is 1.28. The van der Waals surface area contributed by atoms with E-state index in [1.54, 1.807) is 0 Å². The van der Waals surface area contributed by atoms with Gasteiger partial charge in [0.15, 0.2) is 0 Å². The predicted octanol–water partition coefficient (Wildman–Crippen LogP) is 0.317. The van der Waals surface area contributed by atoms with Crippen LogP contribution >= 0.6 is 0 Å². The van der Waals surface area contributed by atoms with E-state index in [1.165, 1.54) is 7.11 Å². The number of hydrogen-bond acceptors (Lipinski definition) is 4. The Balaban J connectivity index is 3.27. The Labute approximate surface area is 65.5 Å². The van der Waals surface area contributed by atoms with Crippen LogP contribution in [0, 0.1) is 6.92 Å². The van der Waals surface area contributed by atoms with E-state index < -0.39 is 5.97 Å². The molecule has 11 heavy (non-hydrogen) atoms.